The molecular formula is C16H12ClF2N5O. The monoisotopic (exact) mass is 363 g/mol. The first-order valence-corrected chi connectivity index (χ1v) is 7.88. The highest BCUT2D eigenvalue weighted by atomic mass is 35.5. The number of amides is 2. The number of pyridine rings is 1. The van der Waals surface area contributed by atoms with Crippen molar-refractivity contribution in [2.24, 2.45) is 0 Å². The first-order valence-electron chi connectivity index (χ1n) is 7.50. The molecule has 128 valence electrons. The lowest BCUT2D eigenvalue weighted by Crippen LogP contribution is -2.53. The lowest BCUT2D eigenvalue weighted by Gasteiger charge is -2.34. The summed E-state index contributed by atoms with van der Waals surface area (Å²) in [5, 5.41) is 7.95. The molecule has 1 fully saturated rings. The second-order valence-electron chi connectivity index (χ2n) is 5.74. The minimum atomic E-state index is -0.981. The lowest BCUT2D eigenvalue weighted by molar-refractivity contribution is 0.0974. The molecule has 1 aliphatic rings. The number of rotatable bonds is 2. The third-order valence-corrected chi connectivity index (χ3v) is 4.10. The number of fused-ring (bicyclic) bond motifs is 1. The molecule has 0 spiro atoms. The number of urea groups is 1. The molecule has 0 bridgehead atoms. The van der Waals surface area contributed by atoms with Crippen LogP contribution in [0.4, 0.5) is 19.3 Å². The molecule has 3 heterocycles. The van der Waals surface area contributed by atoms with Gasteiger partial charge in [-0.15, -0.1) is 5.10 Å². The molecule has 25 heavy (non-hydrogen) atoms. The van der Waals surface area contributed by atoms with Crippen LogP contribution in [0.3, 0.4) is 0 Å². The van der Waals surface area contributed by atoms with Crippen LogP contribution in [0.15, 0.2) is 36.7 Å². The summed E-state index contributed by atoms with van der Waals surface area (Å²) in [5.41, 5.74) is 0.959. The van der Waals surface area contributed by atoms with Crippen molar-refractivity contribution in [2.45, 2.75) is 6.17 Å². The molecule has 0 unspecified atom stereocenters. The Balaban J connectivity index is 1.63. The summed E-state index contributed by atoms with van der Waals surface area (Å²) in [6.07, 6.45) is 2.08. The highest BCUT2D eigenvalue weighted by molar-refractivity contribution is 6.31. The van der Waals surface area contributed by atoms with Crippen molar-refractivity contribution < 1.29 is 13.6 Å². The van der Waals surface area contributed by atoms with E-state index in [1.807, 2.05) is 0 Å². The van der Waals surface area contributed by atoms with E-state index in [-0.39, 0.29) is 18.8 Å². The largest absolute Gasteiger partial charge is 0.322 e. The van der Waals surface area contributed by atoms with Crippen molar-refractivity contribution >= 4 is 34.4 Å². The number of hydrogen-bond acceptors (Lipinski definition) is 3. The molecule has 2 amide bonds. The van der Waals surface area contributed by atoms with Gasteiger partial charge < -0.3 is 10.2 Å². The minimum Gasteiger partial charge on any atom is -0.319 e. The number of halogens is 3. The second kappa shape index (κ2) is 5.96. The summed E-state index contributed by atoms with van der Waals surface area (Å²) in [5.74, 6) is -0.510. The molecule has 0 radical (unpaired) electrons. The standard InChI is InChI=1S/C16H12ClF2N5O/c17-10-3-9-6-24(22-15(9)20-5-10)14-4-12(1-2-13(14)19)21-16(25)23-7-11(18)8-23/h1-6,11H,7-8H2,(H,21,25). The van der Waals surface area contributed by atoms with Crippen molar-refractivity contribution in [3.8, 4) is 5.69 Å². The van der Waals surface area contributed by atoms with Gasteiger partial charge in [0.1, 0.15) is 17.7 Å². The number of anilines is 1. The molecule has 0 atom stereocenters. The van der Waals surface area contributed by atoms with Gasteiger partial charge in [-0.3, -0.25) is 0 Å². The number of carbonyl (C=O) groups is 1. The third-order valence-electron chi connectivity index (χ3n) is 3.89. The first-order chi connectivity index (χ1) is 12.0. The van der Waals surface area contributed by atoms with Crippen LogP contribution in [-0.2, 0) is 0 Å². The summed E-state index contributed by atoms with van der Waals surface area (Å²) >= 11 is 5.89. The number of aromatic nitrogens is 3. The van der Waals surface area contributed by atoms with Crippen molar-refractivity contribution in [1.82, 2.24) is 19.7 Å². The van der Waals surface area contributed by atoms with E-state index in [0.717, 1.165) is 0 Å². The van der Waals surface area contributed by atoms with Gasteiger partial charge in [-0.25, -0.2) is 23.2 Å². The third kappa shape index (κ3) is 3.00. The molecule has 1 saturated heterocycles. The van der Waals surface area contributed by atoms with Crippen LogP contribution in [0.2, 0.25) is 5.02 Å². The number of likely N-dealkylation sites (tertiary alicyclic amines) is 1. The summed E-state index contributed by atoms with van der Waals surface area (Å²) < 4.78 is 28.4. The van der Waals surface area contributed by atoms with Crippen LogP contribution in [0.1, 0.15) is 0 Å². The minimum absolute atomic E-state index is 0.0663. The van der Waals surface area contributed by atoms with Gasteiger partial charge in [-0.2, -0.15) is 0 Å². The molecular weight excluding hydrogens is 352 g/mol. The van der Waals surface area contributed by atoms with Gasteiger partial charge in [0.15, 0.2) is 5.65 Å². The van der Waals surface area contributed by atoms with Crippen LogP contribution in [0, 0.1) is 5.82 Å². The van der Waals surface area contributed by atoms with Gasteiger partial charge >= 0.3 is 6.03 Å². The fourth-order valence-electron chi connectivity index (χ4n) is 2.57. The van der Waals surface area contributed by atoms with Crippen molar-refractivity contribution in [2.75, 3.05) is 18.4 Å². The zero-order valence-electron chi connectivity index (χ0n) is 12.8. The molecule has 0 saturated carbocycles. The Morgan fingerprint density at radius 3 is 2.88 bits per heavy atom. The number of nitrogens with one attached hydrogen (secondary N) is 1. The average molecular weight is 364 g/mol. The molecule has 6 nitrogen and oxygen atoms in total. The SMILES string of the molecule is O=C(Nc1ccc(F)c(-n2cc3cc(Cl)cnc3n2)c1)N1CC(F)C1. The molecule has 1 N–H and O–H groups in total. The molecule has 9 heteroatoms. The van der Waals surface area contributed by atoms with E-state index in [2.05, 4.69) is 15.4 Å². The summed E-state index contributed by atoms with van der Waals surface area (Å²) in [6.45, 7) is 0.133. The van der Waals surface area contributed by atoms with Crippen LogP contribution < -0.4 is 5.32 Å². The van der Waals surface area contributed by atoms with Gasteiger partial charge in [0, 0.05) is 23.5 Å². The van der Waals surface area contributed by atoms with Crippen LogP contribution >= 0.6 is 11.6 Å². The van der Waals surface area contributed by atoms with Gasteiger partial charge in [0.2, 0.25) is 0 Å². The van der Waals surface area contributed by atoms with Crippen molar-refractivity contribution in [3.63, 3.8) is 0 Å². The zero-order valence-corrected chi connectivity index (χ0v) is 13.5. The van der Waals surface area contributed by atoms with E-state index in [0.29, 0.717) is 21.7 Å². The molecule has 2 aromatic heterocycles. The van der Waals surface area contributed by atoms with E-state index in [1.54, 1.807) is 12.3 Å². The number of hydrogen-bond donors (Lipinski definition) is 1. The molecule has 1 aliphatic heterocycles. The first kappa shape index (κ1) is 15.8. The van der Waals surface area contributed by atoms with Gasteiger partial charge in [-0.05, 0) is 24.3 Å². The van der Waals surface area contributed by atoms with E-state index in [4.69, 9.17) is 11.6 Å². The van der Waals surface area contributed by atoms with E-state index >= 15 is 0 Å². The zero-order chi connectivity index (χ0) is 17.6. The maximum absolute atomic E-state index is 14.2. The average Bonchev–Trinajstić information content (AvgIpc) is 2.96. The molecule has 3 aromatic rings. The number of alkyl halides is 1. The quantitative estimate of drug-likeness (QED) is 0.759. The van der Waals surface area contributed by atoms with Gasteiger partial charge in [0.25, 0.3) is 0 Å². The Morgan fingerprint density at radius 2 is 2.12 bits per heavy atom. The predicted molar refractivity (Wildman–Crippen MR) is 89.3 cm³/mol. The van der Waals surface area contributed by atoms with Crippen molar-refractivity contribution in [1.29, 1.82) is 0 Å². The smallest absolute Gasteiger partial charge is 0.319 e. The summed E-state index contributed by atoms with van der Waals surface area (Å²) in [4.78, 5) is 17.4. The molecule has 1 aromatic carbocycles. The van der Waals surface area contributed by atoms with Gasteiger partial charge in [0.05, 0.1) is 18.1 Å². The molecule has 4 rings (SSSR count). The number of nitrogens with zero attached hydrogens (tertiary/aromatic N) is 4. The van der Waals surface area contributed by atoms with Crippen LogP contribution in [0.5, 0.6) is 0 Å². The Bertz CT molecular complexity index is 970. The van der Waals surface area contributed by atoms with Crippen molar-refractivity contribution in [3.05, 3.63) is 47.5 Å². The predicted octanol–water partition coefficient (Wildman–Crippen LogP) is 3.40. The number of benzene rings is 1. The topological polar surface area (TPSA) is 63.1 Å². The fourth-order valence-corrected chi connectivity index (χ4v) is 2.74. The normalized spacial score (nSPS) is 14.6. The Hall–Kier alpha value is -2.74. The van der Waals surface area contributed by atoms with E-state index in [9.17, 15) is 13.6 Å². The Labute approximate surface area is 146 Å². The second-order valence-corrected chi connectivity index (χ2v) is 6.18. The highest BCUT2D eigenvalue weighted by Crippen LogP contribution is 2.23. The molecule has 0 aliphatic carbocycles. The Kier molecular flexibility index (Phi) is 3.76. The van der Waals surface area contributed by atoms with E-state index < -0.39 is 18.0 Å². The maximum atomic E-state index is 14.2. The summed E-state index contributed by atoms with van der Waals surface area (Å²) in [7, 11) is 0. The maximum Gasteiger partial charge on any atom is 0.322 e. The number of carbonyl (C=O) groups excluding carboxylic acids is 1. The lowest BCUT2D eigenvalue weighted by atomic mass is 10.2. The Morgan fingerprint density at radius 1 is 1.32 bits per heavy atom. The highest BCUT2D eigenvalue weighted by Gasteiger charge is 2.30. The van der Waals surface area contributed by atoms with Crippen LogP contribution in [0.25, 0.3) is 16.7 Å². The van der Waals surface area contributed by atoms with E-state index in [1.165, 1.54) is 34.0 Å². The van der Waals surface area contributed by atoms with Crippen LogP contribution in [-0.4, -0.2) is 45.0 Å². The summed E-state index contributed by atoms with van der Waals surface area (Å²) in [6, 6.07) is 5.36. The van der Waals surface area contributed by atoms with Gasteiger partial charge in [-0.1, -0.05) is 11.6 Å². The fraction of sp³-hybridized carbons (Fsp3) is 0.188.